The van der Waals surface area contributed by atoms with Crippen LogP contribution in [-0.2, 0) is 0 Å². The summed E-state index contributed by atoms with van der Waals surface area (Å²) >= 11 is 14.1. The molecule has 21 heavy (non-hydrogen) atoms. The molecule has 0 amide bonds. The van der Waals surface area contributed by atoms with Crippen LogP contribution in [0.5, 0.6) is 11.5 Å². The molecule has 6 heteroatoms. The quantitative estimate of drug-likeness (QED) is 0.726. The molecule has 0 unspecified atom stereocenters. The lowest BCUT2D eigenvalue weighted by Gasteiger charge is -2.12. The van der Waals surface area contributed by atoms with Gasteiger partial charge in [0, 0.05) is 10.6 Å². The van der Waals surface area contributed by atoms with E-state index in [4.69, 9.17) is 34.3 Å². The SMILES string of the molecule is Cc1cc(Oc2ccc(C(N)=S)c(Br)c2F)cc(C)c1Cl. The molecule has 0 aromatic heterocycles. The summed E-state index contributed by atoms with van der Waals surface area (Å²) in [5.74, 6) is 0.0526. The van der Waals surface area contributed by atoms with Gasteiger partial charge in [0.05, 0.1) is 4.47 Å². The average Bonchev–Trinajstić information content (AvgIpc) is 2.41. The molecule has 0 saturated carbocycles. The van der Waals surface area contributed by atoms with E-state index in [1.807, 2.05) is 13.8 Å². The van der Waals surface area contributed by atoms with E-state index in [9.17, 15) is 4.39 Å². The molecule has 0 spiro atoms. The standard InChI is InChI=1S/C15H12BrClFNOS/c1-7-5-9(6-8(2)13(7)17)20-11-4-3-10(15(19)21)12(16)14(11)18/h3-6H,1-2H3,(H2,19,21). The molecule has 0 bridgehead atoms. The number of hydrogen-bond acceptors (Lipinski definition) is 2. The Kier molecular flexibility index (Phi) is 4.86. The Morgan fingerprint density at radius 3 is 2.38 bits per heavy atom. The van der Waals surface area contributed by atoms with Crippen LogP contribution in [0.25, 0.3) is 0 Å². The van der Waals surface area contributed by atoms with Crippen molar-refractivity contribution in [1.29, 1.82) is 0 Å². The maximum Gasteiger partial charge on any atom is 0.180 e. The van der Waals surface area contributed by atoms with Crippen molar-refractivity contribution in [2.75, 3.05) is 0 Å². The van der Waals surface area contributed by atoms with Crippen LogP contribution in [-0.4, -0.2) is 4.99 Å². The number of benzene rings is 2. The van der Waals surface area contributed by atoms with Gasteiger partial charge in [0.15, 0.2) is 11.6 Å². The third-order valence-corrected chi connectivity index (χ3v) is 4.54. The third-order valence-electron chi connectivity index (χ3n) is 2.95. The summed E-state index contributed by atoms with van der Waals surface area (Å²) in [5, 5.41) is 0.674. The summed E-state index contributed by atoms with van der Waals surface area (Å²) in [6, 6.07) is 6.61. The zero-order chi connectivity index (χ0) is 15.7. The molecule has 0 heterocycles. The maximum absolute atomic E-state index is 14.3. The summed E-state index contributed by atoms with van der Waals surface area (Å²) < 4.78 is 20.1. The van der Waals surface area contributed by atoms with E-state index in [0.717, 1.165) is 11.1 Å². The fourth-order valence-corrected chi connectivity index (χ4v) is 2.84. The van der Waals surface area contributed by atoms with E-state index in [1.54, 1.807) is 18.2 Å². The van der Waals surface area contributed by atoms with Gasteiger partial charge in [-0.3, -0.25) is 0 Å². The number of rotatable bonds is 3. The molecule has 0 saturated heterocycles. The van der Waals surface area contributed by atoms with Gasteiger partial charge in [-0.1, -0.05) is 23.8 Å². The largest absolute Gasteiger partial charge is 0.454 e. The molecule has 0 atom stereocenters. The highest BCUT2D eigenvalue weighted by Gasteiger charge is 2.15. The molecule has 0 aliphatic heterocycles. The molecular weight excluding hydrogens is 377 g/mol. The summed E-state index contributed by atoms with van der Waals surface area (Å²) in [4.78, 5) is 0.116. The van der Waals surface area contributed by atoms with E-state index in [1.165, 1.54) is 6.07 Å². The monoisotopic (exact) mass is 387 g/mol. The minimum atomic E-state index is -0.550. The molecule has 2 N–H and O–H groups in total. The maximum atomic E-state index is 14.3. The smallest absolute Gasteiger partial charge is 0.180 e. The molecule has 2 aromatic carbocycles. The molecule has 0 radical (unpaired) electrons. The second-order valence-corrected chi connectivity index (χ2v) is 6.19. The zero-order valence-corrected chi connectivity index (χ0v) is 14.5. The molecule has 0 aliphatic rings. The lowest BCUT2D eigenvalue weighted by Crippen LogP contribution is -2.11. The molecule has 2 rings (SSSR count). The Morgan fingerprint density at radius 1 is 1.29 bits per heavy atom. The first-order valence-electron chi connectivity index (χ1n) is 6.03. The Hall–Kier alpha value is -1.17. The molecular formula is C15H12BrClFNOS. The summed E-state index contributed by atoms with van der Waals surface area (Å²) in [6.45, 7) is 3.73. The predicted octanol–water partition coefficient (Wildman–Crippen LogP) is 5.28. The second kappa shape index (κ2) is 6.30. The Labute approximate surface area is 141 Å². The number of halogens is 3. The van der Waals surface area contributed by atoms with Crippen molar-refractivity contribution in [3.05, 3.63) is 56.3 Å². The molecule has 110 valence electrons. The van der Waals surface area contributed by atoms with Crippen LogP contribution >= 0.6 is 39.7 Å². The number of ether oxygens (including phenoxy) is 1. The first kappa shape index (κ1) is 16.2. The highest BCUT2D eigenvalue weighted by molar-refractivity contribution is 9.10. The summed E-state index contributed by atoms with van der Waals surface area (Å²) in [6.07, 6.45) is 0. The van der Waals surface area contributed by atoms with Gasteiger partial charge in [-0.05, 0) is 65.2 Å². The minimum absolute atomic E-state index is 0.0861. The minimum Gasteiger partial charge on any atom is -0.454 e. The molecule has 2 nitrogen and oxygen atoms in total. The van der Waals surface area contributed by atoms with Crippen LogP contribution in [0.2, 0.25) is 5.02 Å². The van der Waals surface area contributed by atoms with Gasteiger partial charge < -0.3 is 10.5 Å². The zero-order valence-electron chi connectivity index (χ0n) is 11.3. The Bertz CT molecular complexity index is 713. The van der Waals surface area contributed by atoms with E-state index in [2.05, 4.69) is 15.9 Å². The van der Waals surface area contributed by atoms with Gasteiger partial charge in [-0.25, -0.2) is 4.39 Å². The average molecular weight is 389 g/mol. The van der Waals surface area contributed by atoms with Gasteiger partial charge in [0.2, 0.25) is 0 Å². The predicted molar refractivity (Wildman–Crippen MR) is 91.0 cm³/mol. The summed E-state index contributed by atoms with van der Waals surface area (Å²) in [7, 11) is 0. The first-order valence-corrected chi connectivity index (χ1v) is 7.61. The van der Waals surface area contributed by atoms with Crippen molar-refractivity contribution in [3.8, 4) is 11.5 Å². The van der Waals surface area contributed by atoms with Crippen LogP contribution in [0.3, 0.4) is 0 Å². The van der Waals surface area contributed by atoms with Gasteiger partial charge in [-0.15, -0.1) is 0 Å². The van der Waals surface area contributed by atoms with E-state index >= 15 is 0 Å². The van der Waals surface area contributed by atoms with Crippen LogP contribution in [0.15, 0.2) is 28.7 Å². The normalized spacial score (nSPS) is 10.5. The topological polar surface area (TPSA) is 35.2 Å². The first-order chi connectivity index (χ1) is 9.81. The fourth-order valence-electron chi connectivity index (χ4n) is 1.89. The lowest BCUT2D eigenvalue weighted by atomic mass is 10.1. The van der Waals surface area contributed by atoms with Crippen molar-refractivity contribution in [2.45, 2.75) is 13.8 Å². The van der Waals surface area contributed by atoms with Crippen molar-refractivity contribution < 1.29 is 9.13 Å². The van der Waals surface area contributed by atoms with Gasteiger partial charge >= 0.3 is 0 Å². The summed E-state index contributed by atoms with van der Waals surface area (Å²) in [5.41, 5.74) is 7.68. The Morgan fingerprint density at radius 2 is 1.86 bits per heavy atom. The highest BCUT2D eigenvalue weighted by atomic mass is 79.9. The lowest BCUT2D eigenvalue weighted by molar-refractivity contribution is 0.440. The van der Waals surface area contributed by atoms with E-state index < -0.39 is 5.82 Å². The van der Waals surface area contributed by atoms with Crippen molar-refractivity contribution >= 4 is 44.7 Å². The molecule has 0 fully saturated rings. The number of aryl methyl sites for hydroxylation is 2. The second-order valence-electron chi connectivity index (χ2n) is 4.58. The van der Waals surface area contributed by atoms with Crippen molar-refractivity contribution in [1.82, 2.24) is 0 Å². The molecule has 2 aromatic rings. The molecule has 0 aliphatic carbocycles. The van der Waals surface area contributed by atoms with Gasteiger partial charge in [0.25, 0.3) is 0 Å². The third kappa shape index (κ3) is 3.36. The number of nitrogens with two attached hydrogens (primary N) is 1. The number of hydrogen-bond donors (Lipinski definition) is 1. The fraction of sp³-hybridized carbons (Fsp3) is 0.133. The Balaban J connectivity index is 2.41. The van der Waals surface area contributed by atoms with Gasteiger partial charge in [-0.2, -0.15) is 0 Å². The van der Waals surface area contributed by atoms with Crippen molar-refractivity contribution in [2.24, 2.45) is 5.73 Å². The van der Waals surface area contributed by atoms with Crippen LogP contribution in [0, 0.1) is 19.7 Å². The number of thiocarbonyl (C=S) groups is 1. The van der Waals surface area contributed by atoms with Crippen LogP contribution in [0.4, 0.5) is 4.39 Å². The van der Waals surface area contributed by atoms with Crippen LogP contribution < -0.4 is 10.5 Å². The van der Waals surface area contributed by atoms with E-state index in [-0.39, 0.29) is 15.2 Å². The van der Waals surface area contributed by atoms with E-state index in [0.29, 0.717) is 16.3 Å². The van der Waals surface area contributed by atoms with Crippen LogP contribution in [0.1, 0.15) is 16.7 Å². The highest BCUT2D eigenvalue weighted by Crippen LogP contribution is 2.34. The van der Waals surface area contributed by atoms with Gasteiger partial charge in [0.1, 0.15) is 10.7 Å². The van der Waals surface area contributed by atoms with Crippen molar-refractivity contribution in [3.63, 3.8) is 0 Å².